The Morgan fingerprint density at radius 1 is 0.868 bits per heavy atom. The van der Waals surface area contributed by atoms with Crippen molar-refractivity contribution in [1.29, 1.82) is 0 Å². The van der Waals surface area contributed by atoms with Crippen LogP contribution in [0.2, 0.25) is 10.0 Å². The van der Waals surface area contributed by atoms with Gasteiger partial charge in [0.15, 0.2) is 0 Å². The molecule has 10 heteroatoms. The number of nitrogens with zero attached hydrogens (tertiary/aromatic N) is 2. The van der Waals surface area contributed by atoms with E-state index in [1.165, 1.54) is 23.1 Å². The topological polar surface area (TPSA) is 86.8 Å². The number of sulfonamides is 1. The Morgan fingerprint density at radius 3 is 2.11 bits per heavy atom. The Morgan fingerprint density at radius 2 is 1.50 bits per heavy atom. The number of anilines is 1. The summed E-state index contributed by atoms with van der Waals surface area (Å²) >= 11 is 12.3. The average molecular weight is 577 g/mol. The summed E-state index contributed by atoms with van der Waals surface area (Å²) in [6, 6.07) is 20.2. The Hall–Kier alpha value is -3.07. The minimum Gasteiger partial charge on any atom is -0.354 e. The van der Waals surface area contributed by atoms with Crippen molar-refractivity contribution in [3.63, 3.8) is 0 Å². The van der Waals surface area contributed by atoms with Gasteiger partial charge in [0.05, 0.1) is 10.6 Å². The second-order valence-electron chi connectivity index (χ2n) is 9.27. The van der Waals surface area contributed by atoms with Crippen LogP contribution in [0.1, 0.15) is 26.3 Å². The minimum absolute atomic E-state index is 0.0249. The predicted octanol–water partition coefficient (Wildman–Crippen LogP) is 5.38. The van der Waals surface area contributed by atoms with Gasteiger partial charge < -0.3 is 10.2 Å². The highest BCUT2D eigenvalue weighted by Crippen LogP contribution is 2.27. The second kappa shape index (κ2) is 13.1. The van der Waals surface area contributed by atoms with Crippen LogP contribution in [0.25, 0.3) is 0 Å². The maximum atomic E-state index is 13.8. The van der Waals surface area contributed by atoms with E-state index >= 15 is 0 Å². The summed E-state index contributed by atoms with van der Waals surface area (Å²) in [5.74, 6) is -0.677. The molecule has 0 aliphatic carbocycles. The maximum absolute atomic E-state index is 13.8. The van der Waals surface area contributed by atoms with E-state index in [1.54, 1.807) is 67.6 Å². The molecule has 3 aromatic rings. The molecule has 2 amide bonds. The first-order chi connectivity index (χ1) is 18.0. The molecule has 0 aliphatic heterocycles. The fraction of sp³-hybridized carbons (Fsp3) is 0.286. The highest BCUT2D eigenvalue weighted by molar-refractivity contribution is 7.92. The van der Waals surface area contributed by atoms with E-state index in [0.29, 0.717) is 22.2 Å². The minimum atomic E-state index is -4.14. The highest BCUT2D eigenvalue weighted by Gasteiger charge is 2.32. The van der Waals surface area contributed by atoms with Crippen molar-refractivity contribution in [3.8, 4) is 0 Å². The zero-order valence-electron chi connectivity index (χ0n) is 21.5. The van der Waals surface area contributed by atoms with Gasteiger partial charge in [-0.05, 0) is 60.9 Å². The molecular weight excluding hydrogens is 545 g/mol. The normalized spacial score (nSPS) is 12.2. The molecule has 1 atom stereocenters. The van der Waals surface area contributed by atoms with Gasteiger partial charge in [-0.3, -0.25) is 13.9 Å². The Kier molecular flexibility index (Phi) is 10.2. The number of hydrogen-bond donors (Lipinski definition) is 1. The molecule has 0 unspecified atom stereocenters. The van der Waals surface area contributed by atoms with Gasteiger partial charge in [0.1, 0.15) is 12.6 Å². The molecular formula is C28H31Cl2N3O4S. The number of rotatable bonds is 11. The van der Waals surface area contributed by atoms with Crippen molar-refractivity contribution in [2.24, 2.45) is 5.92 Å². The summed E-state index contributed by atoms with van der Waals surface area (Å²) in [5.41, 5.74) is 0.934. The molecule has 0 aliphatic rings. The van der Waals surface area contributed by atoms with Crippen molar-refractivity contribution in [2.45, 2.75) is 38.3 Å². The number of benzene rings is 3. The van der Waals surface area contributed by atoms with E-state index in [2.05, 4.69) is 5.32 Å². The van der Waals surface area contributed by atoms with E-state index in [9.17, 15) is 18.0 Å². The number of nitrogens with one attached hydrogen (secondary N) is 1. The summed E-state index contributed by atoms with van der Waals surface area (Å²) < 4.78 is 28.4. The van der Waals surface area contributed by atoms with Crippen molar-refractivity contribution in [2.75, 3.05) is 17.4 Å². The van der Waals surface area contributed by atoms with Crippen LogP contribution >= 0.6 is 23.2 Å². The fourth-order valence-corrected chi connectivity index (χ4v) is 5.57. The number of halogens is 2. The van der Waals surface area contributed by atoms with Crippen LogP contribution in [-0.2, 0) is 26.2 Å². The average Bonchev–Trinajstić information content (AvgIpc) is 2.88. The Bertz CT molecular complexity index is 1370. The molecule has 0 saturated heterocycles. The summed E-state index contributed by atoms with van der Waals surface area (Å²) in [5, 5.41) is 3.66. The largest absolute Gasteiger partial charge is 0.354 e. The Labute approximate surface area is 234 Å². The van der Waals surface area contributed by atoms with Crippen molar-refractivity contribution >= 4 is 50.7 Å². The molecule has 0 heterocycles. The molecule has 0 saturated carbocycles. The first-order valence-electron chi connectivity index (χ1n) is 12.1. The molecule has 38 heavy (non-hydrogen) atoms. The number of hydrogen-bond acceptors (Lipinski definition) is 4. The standard InChI is InChI=1S/C28H31Cl2N3O4S/c1-20(2)17-31-28(35)21(3)32(18-22-9-7-10-23(29)15-22)27(34)19-33(25-12-8-11-24(30)16-25)38(36,37)26-13-5-4-6-14-26/h4-16,20-21H,17-19H2,1-3H3,(H,31,35)/t21-/m1/s1. The van der Waals surface area contributed by atoms with Gasteiger partial charge in [0.2, 0.25) is 11.8 Å². The first kappa shape index (κ1) is 29.5. The van der Waals surface area contributed by atoms with Gasteiger partial charge in [0.25, 0.3) is 10.0 Å². The van der Waals surface area contributed by atoms with E-state index < -0.39 is 28.5 Å². The zero-order chi connectivity index (χ0) is 27.9. The van der Waals surface area contributed by atoms with Crippen molar-refractivity contribution in [3.05, 3.63) is 94.5 Å². The van der Waals surface area contributed by atoms with Crippen LogP contribution in [0, 0.1) is 5.92 Å². The van der Waals surface area contributed by atoms with Crippen molar-refractivity contribution < 1.29 is 18.0 Å². The quantitative estimate of drug-likeness (QED) is 0.332. The number of carbonyl (C=O) groups excluding carboxylic acids is 2. The lowest BCUT2D eigenvalue weighted by molar-refractivity contribution is -0.139. The molecule has 0 aromatic heterocycles. The smallest absolute Gasteiger partial charge is 0.264 e. The SMILES string of the molecule is CC(C)CNC(=O)[C@@H](C)N(Cc1cccc(Cl)c1)C(=O)CN(c1cccc(Cl)c1)S(=O)(=O)c1ccccc1. The fourth-order valence-electron chi connectivity index (χ4n) is 3.75. The third kappa shape index (κ3) is 7.72. The predicted molar refractivity (Wildman–Crippen MR) is 152 cm³/mol. The Balaban J connectivity index is 2.00. The highest BCUT2D eigenvalue weighted by atomic mass is 35.5. The maximum Gasteiger partial charge on any atom is 0.264 e. The first-order valence-corrected chi connectivity index (χ1v) is 14.3. The van der Waals surface area contributed by atoms with Crippen LogP contribution in [-0.4, -0.2) is 44.3 Å². The van der Waals surface area contributed by atoms with Gasteiger partial charge in [0, 0.05) is 23.1 Å². The van der Waals surface area contributed by atoms with Gasteiger partial charge in [-0.1, -0.05) is 73.4 Å². The molecule has 7 nitrogen and oxygen atoms in total. The molecule has 3 aromatic carbocycles. The van der Waals surface area contributed by atoms with Crippen LogP contribution < -0.4 is 9.62 Å². The molecule has 0 fully saturated rings. The van der Waals surface area contributed by atoms with Crippen LogP contribution in [0.5, 0.6) is 0 Å². The zero-order valence-corrected chi connectivity index (χ0v) is 23.8. The van der Waals surface area contributed by atoms with E-state index in [0.717, 1.165) is 4.31 Å². The van der Waals surface area contributed by atoms with E-state index in [4.69, 9.17) is 23.2 Å². The van der Waals surface area contributed by atoms with E-state index in [1.807, 2.05) is 13.8 Å². The summed E-state index contributed by atoms with van der Waals surface area (Å²) in [6.45, 7) is 5.52. The summed E-state index contributed by atoms with van der Waals surface area (Å²) in [6.07, 6.45) is 0. The van der Waals surface area contributed by atoms with Gasteiger partial charge >= 0.3 is 0 Å². The van der Waals surface area contributed by atoms with Gasteiger partial charge in [-0.15, -0.1) is 0 Å². The lowest BCUT2D eigenvalue weighted by atomic mass is 10.1. The summed E-state index contributed by atoms with van der Waals surface area (Å²) in [4.78, 5) is 28.2. The monoisotopic (exact) mass is 575 g/mol. The van der Waals surface area contributed by atoms with Crippen LogP contribution in [0.15, 0.2) is 83.8 Å². The molecule has 1 N–H and O–H groups in total. The third-order valence-corrected chi connectivity index (χ3v) is 8.06. The number of carbonyl (C=O) groups is 2. The summed E-state index contributed by atoms with van der Waals surface area (Å²) in [7, 11) is -4.14. The van der Waals surface area contributed by atoms with Crippen LogP contribution in [0.4, 0.5) is 5.69 Å². The van der Waals surface area contributed by atoms with Crippen molar-refractivity contribution in [1.82, 2.24) is 10.2 Å². The lowest BCUT2D eigenvalue weighted by Gasteiger charge is -2.32. The molecule has 3 rings (SSSR count). The van der Waals surface area contributed by atoms with Gasteiger partial charge in [-0.25, -0.2) is 8.42 Å². The third-order valence-electron chi connectivity index (χ3n) is 5.80. The molecule has 202 valence electrons. The van der Waals surface area contributed by atoms with Crippen LogP contribution in [0.3, 0.4) is 0 Å². The second-order valence-corrected chi connectivity index (χ2v) is 12.0. The van der Waals surface area contributed by atoms with E-state index in [-0.39, 0.29) is 29.0 Å². The lowest BCUT2D eigenvalue weighted by Crippen LogP contribution is -2.51. The molecule has 0 spiro atoms. The van der Waals surface area contributed by atoms with Gasteiger partial charge in [-0.2, -0.15) is 0 Å². The number of amides is 2. The molecule has 0 bridgehead atoms. The molecule has 0 radical (unpaired) electrons.